The van der Waals surface area contributed by atoms with Crippen molar-refractivity contribution < 1.29 is 4.79 Å². The number of carbonyl (C=O) groups is 1. The lowest BCUT2D eigenvalue weighted by Crippen LogP contribution is -2.10. The van der Waals surface area contributed by atoms with Crippen LogP contribution in [0.4, 0.5) is 0 Å². The topological polar surface area (TPSA) is 17.1 Å². The van der Waals surface area contributed by atoms with Gasteiger partial charge in [0.1, 0.15) is 5.78 Å². The van der Waals surface area contributed by atoms with Crippen LogP contribution in [0, 0.1) is 17.8 Å². The van der Waals surface area contributed by atoms with Crippen molar-refractivity contribution in [2.45, 2.75) is 39.0 Å². The third-order valence-electron chi connectivity index (χ3n) is 2.98. The molecule has 1 nitrogen and oxygen atoms in total. The second-order valence-electron chi connectivity index (χ2n) is 4.24. The molecular weight excluding hydrogens is 136 g/mol. The first-order valence-corrected chi connectivity index (χ1v) is 4.77. The summed E-state index contributed by atoms with van der Waals surface area (Å²) in [6, 6.07) is 0. The van der Waals surface area contributed by atoms with Gasteiger partial charge in [-0.2, -0.15) is 0 Å². The Balaban J connectivity index is 1.86. The molecule has 0 amide bonds. The van der Waals surface area contributed by atoms with Gasteiger partial charge in [0, 0.05) is 6.42 Å². The summed E-state index contributed by atoms with van der Waals surface area (Å²) in [5, 5.41) is 0. The van der Waals surface area contributed by atoms with E-state index in [2.05, 4.69) is 0 Å². The minimum absolute atomic E-state index is 0.397. The van der Waals surface area contributed by atoms with Crippen molar-refractivity contribution in [1.29, 1.82) is 0 Å². The van der Waals surface area contributed by atoms with Crippen LogP contribution in [0.5, 0.6) is 0 Å². The van der Waals surface area contributed by atoms with Gasteiger partial charge in [-0.15, -0.1) is 0 Å². The first kappa shape index (κ1) is 7.33. The molecular formula is C10H16O. The van der Waals surface area contributed by atoms with Crippen LogP contribution in [0.15, 0.2) is 0 Å². The van der Waals surface area contributed by atoms with Gasteiger partial charge in [0.15, 0.2) is 0 Å². The average molecular weight is 152 g/mol. The minimum Gasteiger partial charge on any atom is -0.300 e. The smallest absolute Gasteiger partial charge is 0.130 e. The number of Topliss-reactive ketones (excluding diaryl/α,β-unsaturated/α-hetero) is 1. The number of hydrogen-bond donors (Lipinski definition) is 0. The van der Waals surface area contributed by atoms with Crippen molar-refractivity contribution in [3.8, 4) is 0 Å². The third kappa shape index (κ3) is 1.82. The average Bonchev–Trinajstić information content (AvgIpc) is 2.79. The van der Waals surface area contributed by atoms with Crippen molar-refractivity contribution >= 4 is 5.78 Å². The van der Waals surface area contributed by atoms with E-state index in [1.165, 1.54) is 25.7 Å². The molecule has 2 aliphatic rings. The summed E-state index contributed by atoms with van der Waals surface area (Å²) >= 11 is 0. The van der Waals surface area contributed by atoms with Gasteiger partial charge in [-0.3, -0.25) is 0 Å². The van der Waals surface area contributed by atoms with Crippen LogP contribution in [0.3, 0.4) is 0 Å². The third-order valence-corrected chi connectivity index (χ3v) is 2.98. The molecule has 2 rings (SSSR count). The molecule has 0 bridgehead atoms. The lowest BCUT2D eigenvalue weighted by molar-refractivity contribution is -0.118. The highest BCUT2D eigenvalue weighted by Crippen LogP contribution is 2.50. The summed E-state index contributed by atoms with van der Waals surface area (Å²) in [5.41, 5.74) is 0. The highest BCUT2D eigenvalue weighted by molar-refractivity contribution is 5.75. The molecule has 11 heavy (non-hydrogen) atoms. The Hall–Kier alpha value is -0.330. The zero-order valence-electron chi connectivity index (χ0n) is 7.18. The van der Waals surface area contributed by atoms with E-state index in [-0.39, 0.29) is 0 Å². The number of rotatable bonds is 4. The van der Waals surface area contributed by atoms with E-state index in [1.54, 1.807) is 6.92 Å². The van der Waals surface area contributed by atoms with Gasteiger partial charge in [-0.25, -0.2) is 0 Å². The molecule has 0 saturated heterocycles. The minimum atomic E-state index is 0.397. The van der Waals surface area contributed by atoms with Crippen LogP contribution in [0.25, 0.3) is 0 Å². The van der Waals surface area contributed by atoms with Gasteiger partial charge in [-0.1, -0.05) is 0 Å². The summed E-state index contributed by atoms with van der Waals surface area (Å²) < 4.78 is 0. The lowest BCUT2D eigenvalue weighted by atomic mass is 9.92. The van der Waals surface area contributed by atoms with Gasteiger partial charge in [-0.05, 0) is 50.4 Å². The summed E-state index contributed by atoms with van der Waals surface area (Å²) in [7, 11) is 0. The molecule has 0 heterocycles. The molecule has 0 radical (unpaired) electrons. The summed E-state index contributed by atoms with van der Waals surface area (Å²) in [5.74, 6) is 3.05. The van der Waals surface area contributed by atoms with Gasteiger partial charge in [0.05, 0.1) is 0 Å². The molecule has 0 unspecified atom stereocenters. The summed E-state index contributed by atoms with van der Waals surface area (Å²) in [6.07, 6.45) is 6.46. The van der Waals surface area contributed by atoms with Crippen LogP contribution in [-0.2, 0) is 4.79 Å². The Bertz CT molecular complexity index is 154. The van der Waals surface area contributed by atoms with Crippen molar-refractivity contribution in [1.82, 2.24) is 0 Å². The van der Waals surface area contributed by atoms with Crippen molar-refractivity contribution in [3.63, 3.8) is 0 Å². The van der Waals surface area contributed by atoms with Gasteiger partial charge >= 0.3 is 0 Å². The molecule has 62 valence electrons. The number of hydrogen-bond acceptors (Lipinski definition) is 1. The largest absolute Gasteiger partial charge is 0.300 e. The second-order valence-corrected chi connectivity index (χ2v) is 4.24. The summed E-state index contributed by atoms with van der Waals surface area (Å²) in [4.78, 5) is 10.9. The first-order chi connectivity index (χ1) is 5.27. The summed E-state index contributed by atoms with van der Waals surface area (Å²) in [6.45, 7) is 1.73. The maximum atomic E-state index is 10.9. The highest BCUT2D eigenvalue weighted by atomic mass is 16.1. The van der Waals surface area contributed by atoms with E-state index in [4.69, 9.17) is 0 Å². The standard InChI is InChI=1S/C10H16O/c1-7(11)6-10(8-2-3-8)9-4-5-9/h8-10H,2-6H2,1H3. The van der Waals surface area contributed by atoms with Crippen LogP contribution in [-0.4, -0.2) is 5.78 Å². The first-order valence-electron chi connectivity index (χ1n) is 4.77. The second kappa shape index (κ2) is 2.62. The Kier molecular flexibility index (Phi) is 1.74. The van der Waals surface area contributed by atoms with E-state index in [0.29, 0.717) is 5.78 Å². The van der Waals surface area contributed by atoms with E-state index in [0.717, 1.165) is 24.2 Å². The van der Waals surface area contributed by atoms with Crippen molar-refractivity contribution in [2.75, 3.05) is 0 Å². The molecule has 0 atom stereocenters. The Labute approximate surface area is 68.2 Å². The van der Waals surface area contributed by atoms with Crippen molar-refractivity contribution in [3.05, 3.63) is 0 Å². The molecule has 0 aliphatic heterocycles. The monoisotopic (exact) mass is 152 g/mol. The van der Waals surface area contributed by atoms with Crippen LogP contribution >= 0.6 is 0 Å². The zero-order chi connectivity index (χ0) is 7.84. The normalized spacial score (nSPS) is 24.2. The van der Waals surface area contributed by atoms with Crippen molar-refractivity contribution in [2.24, 2.45) is 17.8 Å². The predicted octanol–water partition coefficient (Wildman–Crippen LogP) is 2.40. The van der Waals surface area contributed by atoms with Crippen LogP contribution < -0.4 is 0 Å². The molecule has 0 aromatic carbocycles. The van der Waals surface area contributed by atoms with Gasteiger partial charge in [0.25, 0.3) is 0 Å². The fourth-order valence-corrected chi connectivity index (χ4v) is 2.10. The Morgan fingerprint density at radius 2 is 1.73 bits per heavy atom. The highest BCUT2D eigenvalue weighted by Gasteiger charge is 2.41. The van der Waals surface area contributed by atoms with Gasteiger partial charge in [0.2, 0.25) is 0 Å². The Morgan fingerprint density at radius 1 is 1.27 bits per heavy atom. The van der Waals surface area contributed by atoms with E-state index < -0.39 is 0 Å². The molecule has 0 aromatic heterocycles. The lowest BCUT2D eigenvalue weighted by Gasteiger charge is -2.12. The maximum Gasteiger partial charge on any atom is 0.130 e. The molecule has 0 N–H and O–H groups in total. The fourth-order valence-electron chi connectivity index (χ4n) is 2.10. The fraction of sp³-hybridized carbons (Fsp3) is 0.900. The molecule has 2 aliphatic carbocycles. The molecule has 2 saturated carbocycles. The quantitative estimate of drug-likeness (QED) is 0.604. The Morgan fingerprint density at radius 3 is 2.00 bits per heavy atom. The predicted molar refractivity (Wildman–Crippen MR) is 44.2 cm³/mol. The van der Waals surface area contributed by atoms with Crippen LogP contribution in [0.2, 0.25) is 0 Å². The SMILES string of the molecule is CC(=O)CC(C1CC1)C1CC1. The number of carbonyl (C=O) groups excluding carboxylic acids is 1. The zero-order valence-corrected chi connectivity index (χ0v) is 7.18. The van der Waals surface area contributed by atoms with Gasteiger partial charge < -0.3 is 4.79 Å². The molecule has 1 heteroatoms. The number of ketones is 1. The van der Waals surface area contributed by atoms with E-state index in [1.807, 2.05) is 0 Å². The van der Waals surface area contributed by atoms with Crippen LogP contribution in [0.1, 0.15) is 39.0 Å². The molecule has 2 fully saturated rings. The van der Waals surface area contributed by atoms with E-state index >= 15 is 0 Å². The molecule has 0 aromatic rings. The molecule has 0 spiro atoms. The maximum absolute atomic E-state index is 10.9. The van der Waals surface area contributed by atoms with E-state index in [9.17, 15) is 4.79 Å².